The second-order valence-corrected chi connectivity index (χ2v) is 7.58. The minimum Gasteiger partial charge on any atom is -0.316 e. The highest BCUT2D eigenvalue weighted by molar-refractivity contribution is 7.98. The maximum Gasteiger partial charge on any atom is 0.138 e. The molecule has 1 aromatic heterocycles. The van der Waals surface area contributed by atoms with Gasteiger partial charge in [-0.1, -0.05) is 27.7 Å². The van der Waals surface area contributed by atoms with Gasteiger partial charge >= 0.3 is 0 Å². The highest BCUT2D eigenvalue weighted by Crippen LogP contribution is 2.16. The van der Waals surface area contributed by atoms with Crippen LogP contribution >= 0.6 is 11.8 Å². The molecule has 3 nitrogen and oxygen atoms in total. The van der Waals surface area contributed by atoms with Crippen molar-refractivity contribution in [3.63, 3.8) is 0 Å². The van der Waals surface area contributed by atoms with Gasteiger partial charge in [0, 0.05) is 11.4 Å². The van der Waals surface area contributed by atoms with E-state index in [1.165, 1.54) is 11.3 Å². The molecule has 0 atom stereocenters. The number of nitrogens with one attached hydrogen (secondary N) is 1. The molecule has 1 aromatic rings. The van der Waals surface area contributed by atoms with Crippen LogP contribution in [0.1, 0.15) is 50.5 Å². The zero-order chi connectivity index (χ0) is 15.8. The van der Waals surface area contributed by atoms with Crippen molar-refractivity contribution in [1.29, 1.82) is 0 Å². The largest absolute Gasteiger partial charge is 0.316 e. The molecule has 0 saturated carbocycles. The second-order valence-electron chi connectivity index (χ2n) is 6.55. The first-order valence-corrected chi connectivity index (χ1v) is 9.17. The van der Waals surface area contributed by atoms with E-state index in [1.807, 2.05) is 11.8 Å². The number of hydrogen-bond donors (Lipinski definition) is 1. The highest BCUT2D eigenvalue weighted by atomic mass is 32.2. The van der Waals surface area contributed by atoms with Crippen LogP contribution in [0.15, 0.2) is 0 Å². The van der Waals surface area contributed by atoms with Gasteiger partial charge in [0.1, 0.15) is 5.82 Å². The Labute approximate surface area is 134 Å². The first kappa shape index (κ1) is 18.4. The van der Waals surface area contributed by atoms with E-state index in [4.69, 9.17) is 0 Å². The summed E-state index contributed by atoms with van der Waals surface area (Å²) in [5.41, 5.74) is 3.60. The lowest BCUT2D eigenvalue weighted by Crippen LogP contribution is -2.23. The lowest BCUT2D eigenvalue weighted by atomic mass is 10.1. The van der Waals surface area contributed by atoms with E-state index < -0.39 is 0 Å². The molecule has 0 fully saturated rings. The summed E-state index contributed by atoms with van der Waals surface area (Å²) in [7, 11) is 0. The number of rotatable bonds is 9. The summed E-state index contributed by atoms with van der Waals surface area (Å²) in [6.45, 7) is 15.3. The Morgan fingerprint density at radius 2 is 1.62 bits per heavy atom. The van der Waals surface area contributed by atoms with Crippen molar-refractivity contribution in [2.45, 2.75) is 53.7 Å². The van der Waals surface area contributed by atoms with E-state index >= 15 is 0 Å². The van der Waals surface area contributed by atoms with Crippen LogP contribution in [0.5, 0.6) is 0 Å². The van der Waals surface area contributed by atoms with E-state index in [9.17, 15) is 0 Å². The van der Waals surface area contributed by atoms with Gasteiger partial charge in [-0.05, 0) is 56.5 Å². The first-order chi connectivity index (χ1) is 9.90. The molecule has 120 valence electrons. The average molecular weight is 310 g/mol. The van der Waals surface area contributed by atoms with Crippen LogP contribution in [-0.4, -0.2) is 28.8 Å². The highest BCUT2D eigenvalue weighted by Gasteiger charge is 2.09. The summed E-state index contributed by atoms with van der Waals surface area (Å²) in [5.74, 6) is 4.50. The second kappa shape index (κ2) is 9.42. The van der Waals surface area contributed by atoms with Crippen molar-refractivity contribution >= 4 is 11.8 Å². The topological polar surface area (TPSA) is 37.8 Å². The molecule has 0 aliphatic heterocycles. The van der Waals surface area contributed by atoms with E-state index in [-0.39, 0.29) is 0 Å². The normalized spacial score (nSPS) is 11.6. The summed E-state index contributed by atoms with van der Waals surface area (Å²) in [5, 5.41) is 3.49. The fraction of sp³-hybridized carbons (Fsp3) is 0.765. The van der Waals surface area contributed by atoms with Gasteiger partial charge < -0.3 is 5.32 Å². The predicted molar refractivity (Wildman–Crippen MR) is 93.9 cm³/mol. The molecule has 21 heavy (non-hydrogen) atoms. The molecule has 0 aromatic carbocycles. The Balaban J connectivity index is 2.54. The average Bonchev–Trinajstić information content (AvgIpc) is 2.36. The minimum atomic E-state index is 0.698. The van der Waals surface area contributed by atoms with Gasteiger partial charge in [0.25, 0.3) is 0 Å². The maximum atomic E-state index is 4.68. The van der Waals surface area contributed by atoms with Gasteiger partial charge in [0.15, 0.2) is 0 Å². The van der Waals surface area contributed by atoms with Gasteiger partial charge in [-0.3, -0.25) is 0 Å². The van der Waals surface area contributed by atoms with Crippen LogP contribution < -0.4 is 5.32 Å². The van der Waals surface area contributed by atoms with Crippen LogP contribution in [0.4, 0.5) is 0 Å². The van der Waals surface area contributed by atoms with Crippen molar-refractivity contribution in [1.82, 2.24) is 15.3 Å². The predicted octanol–water partition coefficient (Wildman–Crippen LogP) is 3.77. The maximum absolute atomic E-state index is 4.68. The number of nitrogens with zero attached hydrogens (tertiary/aromatic N) is 2. The molecular formula is C17H31N3S. The third-order valence-electron chi connectivity index (χ3n) is 3.25. The van der Waals surface area contributed by atoms with Crippen LogP contribution in [-0.2, 0) is 12.2 Å². The number of thioether (sulfide) groups is 1. The molecule has 0 aliphatic carbocycles. The first-order valence-electron chi connectivity index (χ1n) is 8.01. The van der Waals surface area contributed by atoms with Crippen LogP contribution in [0.3, 0.4) is 0 Å². The molecule has 1 heterocycles. The Kier molecular flexibility index (Phi) is 8.27. The molecular weight excluding hydrogens is 278 g/mol. The molecule has 0 radical (unpaired) electrons. The Bertz CT molecular complexity index is 407. The van der Waals surface area contributed by atoms with Gasteiger partial charge in [0.05, 0.1) is 5.75 Å². The van der Waals surface area contributed by atoms with Gasteiger partial charge in [-0.2, -0.15) is 11.8 Å². The molecule has 0 saturated heterocycles. The number of aromatic nitrogens is 2. The lowest BCUT2D eigenvalue weighted by Gasteiger charge is -2.12. The van der Waals surface area contributed by atoms with E-state index in [2.05, 4.69) is 56.8 Å². The third kappa shape index (κ3) is 7.28. The molecule has 4 heteroatoms. The number of hydrogen-bond acceptors (Lipinski definition) is 4. The fourth-order valence-corrected chi connectivity index (χ4v) is 3.13. The Morgan fingerprint density at radius 3 is 2.14 bits per heavy atom. The summed E-state index contributed by atoms with van der Waals surface area (Å²) >= 11 is 1.93. The third-order valence-corrected chi connectivity index (χ3v) is 4.62. The molecule has 1 N–H and O–H groups in total. The van der Waals surface area contributed by atoms with Crippen molar-refractivity contribution in [2.75, 3.05) is 18.8 Å². The standard InChI is InChI=1S/C17H31N3S/c1-12(2)9-18-8-7-16-14(5)19-17(20-15(16)6)11-21-10-13(3)4/h12-13,18H,7-11H2,1-6H3. The van der Waals surface area contributed by atoms with Gasteiger partial charge in [-0.15, -0.1) is 0 Å². The minimum absolute atomic E-state index is 0.698. The quantitative estimate of drug-likeness (QED) is 0.705. The van der Waals surface area contributed by atoms with Gasteiger partial charge in [0.2, 0.25) is 0 Å². The van der Waals surface area contributed by atoms with E-state index in [0.717, 1.165) is 48.4 Å². The van der Waals surface area contributed by atoms with Crippen LogP contribution in [0.25, 0.3) is 0 Å². The zero-order valence-corrected chi connectivity index (χ0v) is 15.3. The SMILES string of the molecule is Cc1nc(CSCC(C)C)nc(C)c1CCNCC(C)C. The fourth-order valence-electron chi connectivity index (χ4n) is 2.23. The Hall–Kier alpha value is -0.610. The summed E-state index contributed by atoms with van der Waals surface area (Å²) in [4.78, 5) is 9.37. The van der Waals surface area contributed by atoms with Crippen molar-refractivity contribution in [3.05, 3.63) is 22.8 Å². The summed E-state index contributed by atoms with van der Waals surface area (Å²) in [6.07, 6.45) is 1.02. The number of aryl methyl sites for hydroxylation is 2. The molecule has 0 bridgehead atoms. The monoisotopic (exact) mass is 309 g/mol. The summed E-state index contributed by atoms with van der Waals surface area (Å²) in [6, 6.07) is 0. The van der Waals surface area contributed by atoms with Crippen molar-refractivity contribution in [3.8, 4) is 0 Å². The lowest BCUT2D eigenvalue weighted by molar-refractivity contribution is 0.553. The molecule has 0 unspecified atom stereocenters. The Morgan fingerprint density at radius 1 is 1.00 bits per heavy atom. The molecule has 0 amide bonds. The smallest absolute Gasteiger partial charge is 0.138 e. The summed E-state index contributed by atoms with van der Waals surface area (Å²) < 4.78 is 0. The van der Waals surface area contributed by atoms with E-state index in [0.29, 0.717) is 5.92 Å². The molecule has 0 aliphatic rings. The van der Waals surface area contributed by atoms with Crippen LogP contribution in [0, 0.1) is 25.7 Å². The van der Waals surface area contributed by atoms with Crippen LogP contribution in [0.2, 0.25) is 0 Å². The molecule has 0 spiro atoms. The van der Waals surface area contributed by atoms with Crippen molar-refractivity contribution < 1.29 is 0 Å². The van der Waals surface area contributed by atoms with Gasteiger partial charge in [-0.25, -0.2) is 9.97 Å². The van der Waals surface area contributed by atoms with E-state index in [1.54, 1.807) is 0 Å². The van der Waals surface area contributed by atoms with Crippen molar-refractivity contribution in [2.24, 2.45) is 11.8 Å². The molecule has 1 rings (SSSR count). The zero-order valence-electron chi connectivity index (χ0n) is 14.5.